The highest BCUT2D eigenvalue weighted by Gasteiger charge is 2.23. The SMILES string of the molecule is CCCCCCCCC/C=C/[C@@H](O)[C@H](COP(=O)([O-])OCC[N+](C)(C)C)NC(=O)CCCCCCCCCCC. The molecule has 2 N–H and O–H groups in total. The Labute approximate surface area is 246 Å². The van der Waals surface area contributed by atoms with Crippen LogP contribution in [0.3, 0.4) is 0 Å². The summed E-state index contributed by atoms with van der Waals surface area (Å²) in [5.74, 6) is -0.206. The standard InChI is InChI=1S/C31H63N2O6P/c1-6-8-10-12-14-16-18-20-22-24-30(34)29(28-39-40(36,37)38-27-26-33(3,4)5)32-31(35)25-23-21-19-17-15-13-11-9-7-2/h22,24,29-30,34H,6-21,23,25-28H2,1-5H3,(H-,32,35,36,37)/b24-22+/t29-,30+/m0/s1. The largest absolute Gasteiger partial charge is 0.756 e. The molecule has 40 heavy (non-hydrogen) atoms. The van der Waals surface area contributed by atoms with Crippen molar-refractivity contribution in [1.29, 1.82) is 0 Å². The summed E-state index contributed by atoms with van der Waals surface area (Å²) in [5, 5.41) is 13.5. The van der Waals surface area contributed by atoms with Crippen molar-refractivity contribution in [3.63, 3.8) is 0 Å². The van der Waals surface area contributed by atoms with Crippen LogP contribution in [-0.2, 0) is 18.4 Å². The number of carbonyl (C=O) groups excluding carboxylic acids is 1. The summed E-state index contributed by atoms with van der Waals surface area (Å²) in [6, 6.07) is -0.874. The van der Waals surface area contributed by atoms with Gasteiger partial charge in [-0.2, -0.15) is 0 Å². The smallest absolute Gasteiger partial charge is 0.268 e. The first-order chi connectivity index (χ1) is 19.0. The molecule has 0 aliphatic heterocycles. The number of phosphoric acid groups is 1. The molecule has 8 nitrogen and oxygen atoms in total. The Balaban J connectivity index is 4.67. The monoisotopic (exact) mass is 590 g/mol. The van der Waals surface area contributed by atoms with Crippen molar-refractivity contribution in [2.45, 2.75) is 142 Å². The Morgan fingerprint density at radius 1 is 0.850 bits per heavy atom. The van der Waals surface area contributed by atoms with E-state index in [0.717, 1.165) is 38.5 Å². The van der Waals surface area contributed by atoms with Crippen LogP contribution in [0.25, 0.3) is 0 Å². The number of unbranched alkanes of at least 4 members (excludes halogenated alkanes) is 15. The van der Waals surface area contributed by atoms with Crippen molar-refractivity contribution < 1.29 is 32.9 Å². The van der Waals surface area contributed by atoms with Crippen LogP contribution in [0.1, 0.15) is 129 Å². The number of rotatable bonds is 28. The van der Waals surface area contributed by atoms with Gasteiger partial charge in [0.2, 0.25) is 5.91 Å². The van der Waals surface area contributed by atoms with Crippen molar-refractivity contribution in [2.24, 2.45) is 0 Å². The van der Waals surface area contributed by atoms with Gasteiger partial charge < -0.3 is 28.8 Å². The molecule has 0 spiro atoms. The molecule has 0 aromatic carbocycles. The maximum atomic E-state index is 12.6. The van der Waals surface area contributed by atoms with Gasteiger partial charge >= 0.3 is 0 Å². The van der Waals surface area contributed by atoms with Crippen LogP contribution in [0.15, 0.2) is 12.2 Å². The summed E-state index contributed by atoms with van der Waals surface area (Å²) in [6.45, 7) is 4.55. The number of nitrogens with zero attached hydrogens (tertiary/aromatic N) is 1. The van der Waals surface area contributed by atoms with Crippen LogP contribution >= 0.6 is 7.82 Å². The van der Waals surface area contributed by atoms with Crippen LogP contribution in [-0.4, -0.2) is 68.5 Å². The summed E-state index contributed by atoms with van der Waals surface area (Å²) >= 11 is 0. The first kappa shape index (κ1) is 39.2. The third kappa shape index (κ3) is 26.2. The topological polar surface area (TPSA) is 108 Å². The fourth-order valence-corrected chi connectivity index (χ4v) is 5.05. The molecule has 3 atom stereocenters. The average Bonchev–Trinajstić information content (AvgIpc) is 2.88. The van der Waals surface area contributed by atoms with Crippen molar-refractivity contribution >= 4 is 13.7 Å². The van der Waals surface area contributed by atoms with Gasteiger partial charge in [0.25, 0.3) is 7.82 Å². The molecule has 0 bridgehead atoms. The Morgan fingerprint density at radius 3 is 1.88 bits per heavy atom. The molecule has 0 heterocycles. The summed E-state index contributed by atoms with van der Waals surface area (Å²) in [5.41, 5.74) is 0. The van der Waals surface area contributed by atoms with Crippen LogP contribution in [0.5, 0.6) is 0 Å². The number of amides is 1. The first-order valence-corrected chi connectivity index (χ1v) is 17.5. The van der Waals surface area contributed by atoms with Crippen LogP contribution < -0.4 is 10.2 Å². The zero-order chi connectivity index (χ0) is 30.1. The Kier molecular flexibility index (Phi) is 24.3. The lowest BCUT2D eigenvalue weighted by molar-refractivity contribution is -0.870. The van der Waals surface area contributed by atoms with Crippen molar-refractivity contribution in [3.05, 3.63) is 12.2 Å². The van der Waals surface area contributed by atoms with E-state index in [2.05, 4.69) is 19.2 Å². The van der Waals surface area contributed by atoms with Gasteiger partial charge in [0.1, 0.15) is 13.2 Å². The quantitative estimate of drug-likeness (QED) is 0.0457. The predicted molar refractivity (Wildman–Crippen MR) is 164 cm³/mol. The molecule has 0 aromatic heterocycles. The second-order valence-electron chi connectivity index (χ2n) is 12.2. The second-order valence-corrected chi connectivity index (χ2v) is 13.6. The molecule has 0 fully saturated rings. The molecular weight excluding hydrogens is 527 g/mol. The van der Waals surface area contributed by atoms with Gasteiger partial charge in [-0.15, -0.1) is 0 Å². The molecular formula is C31H63N2O6P. The molecule has 0 aliphatic rings. The number of carbonyl (C=O) groups is 1. The summed E-state index contributed by atoms with van der Waals surface area (Å²) < 4.78 is 22.9. The highest BCUT2D eigenvalue weighted by Crippen LogP contribution is 2.38. The third-order valence-corrected chi connectivity index (χ3v) is 7.96. The van der Waals surface area contributed by atoms with Crippen molar-refractivity contribution in [1.82, 2.24) is 5.32 Å². The molecule has 1 unspecified atom stereocenters. The van der Waals surface area contributed by atoms with Gasteiger partial charge in [0, 0.05) is 6.42 Å². The van der Waals surface area contributed by atoms with Crippen LogP contribution in [0, 0.1) is 0 Å². The first-order valence-electron chi connectivity index (χ1n) is 16.1. The average molecular weight is 591 g/mol. The van der Waals surface area contributed by atoms with Gasteiger partial charge in [-0.3, -0.25) is 9.36 Å². The number of aliphatic hydroxyl groups is 1. The van der Waals surface area contributed by atoms with Gasteiger partial charge in [0.05, 0.1) is 39.9 Å². The number of allylic oxidation sites excluding steroid dienone is 1. The van der Waals surface area contributed by atoms with Crippen molar-refractivity contribution in [2.75, 3.05) is 40.9 Å². The van der Waals surface area contributed by atoms with E-state index in [0.29, 0.717) is 17.4 Å². The van der Waals surface area contributed by atoms with E-state index in [9.17, 15) is 19.4 Å². The Bertz CT molecular complexity index is 683. The van der Waals surface area contributed by atoms with Gasteiger partial charge in [0.15, 0.2) is 0 Å². The minimum Gasteiger partial charge on any atom is -0.756 e. The van der Waals surface area contributed by atoms with E-state index in [4.69, 9.17) is 9.05 Å². The van der Waals surface area contributed by atoms with Gasteiger partial charge in [-0.1, -0.05) is 116 Å². The maximum absolute atomic E-state index is 12.6. The Morgan fingerprint density at radius 2 is 1.35 bits per heavy atom. The second kappa shape index (κ2) is 24.8. The van der Waals surface area contributed by atoms with Crippen LogP contribution in [0.4, 0.5) is 0 Å². The van der Waals surface area contributed by atoms with E-state index in [-0.39, 0.29) is 19.1 Å². The molecule has 238 valence electrons. The van der Waals surface area contributed by atoms with E-state index in [1.54, 1.807) is 6.08 Å². The molecule has 0 saturated heterocycles. The minimum absolute atomic E-state index is 0.000802. The molecule has 9 heteroatoms. The number of likely N-dealkylation sites (N-methyl/N-ethyl adjacent to an activating group) is 1. The normalized spacial score (nSPS) is 15.3. The zero-order valence-electron chi connectivity index (χ0n) is 26.5. The molecule has 0 rings (SSSR count). The summed E-state index contributed by atoms with van der Waals surface area (Å²) in [6.07, 6.45) is 22.6. The number of hydrogen-bond donors (Lipinski definition) is 2. The number of hydrogen-bond acceptors (Lipinski definition) is 6. The fourth-order valence-electron chi connectivity index (χ4n) is 4.33. The number of nitrogens with one attached hydrogen (secondary N) is 1. The van der Waals surface area contributed by atoms with Crippen molar-refractivity contribution in [3.8, 4) is 0 Å². The number of quaternary nitrogens is 1. The van der Waals surface area contributed by atoms with Gasteiger partial charge in [-0.05, 0) is 19.3 Å². The number of aliphatic hydroxyl groups excluding tert-OH is 1. The third-order valence-electron chi connectivity index (χ3n) is 7.00. The molecule has 0 radical (unpaired) electrons. The van der Waals surface area contributed by atoms with E-state index >= 15 is 0 Å². The lowest BCUT2D eigenvalue weighted by Crippen LogP contribution is -2.45. The van der Waals surface area contributed by atoms with E-state index in [1.165, 1.54) is 70.6 Å². The van der Waals surface area contributed by atoms with E-state index < -0.39 is 20.0 Å². The Hall–Kier alpha value is -0.760. The molecule has 1 amide bonds. The predicted octanol–water partition coefficient (Wildman–Crippen LogP) is 6.66. The zero-order valence-corrected chi connectivity index (χ0v) is 27.4. The highest BCUT2D eigenvalue weighted by molar-refractivity contribution is 7.45. The van der Waals surface area contributed by atoms with E-state index in [1.807, 2.05) is 27.2 Å². The highest BCUT2D eigenvalue weighted by atomic mass is 31.2. The summed E-state index contributed by atoms with van der Waals surface area (Å²) in [7, 11) is 1.26. The lowest BCUT2D eigenvalue weighted by Gasteiger charge is -2.29. The number of phosphoric ester groups is 1. The van der Waals surface area contributed by atoms with Crippen LogP contribution in [0.2, 0.25) is 0 Å². The maximum Gasteiger partial charge on any atom is 0.268 e. The van der Waals surface area contributed by atoms with Gasteiger partial charge in [-0.25, -0.2) is 0 Å². The molecule has 0 saturated carbocycles. The summed E-state index contributed by atoms with van der Waals surface area (Å²) in [4.78, 5) is 24.9. The molecule has 0 aliphatic carbocycles. The fraction of sp³-hybridized carbons (Fsp3) is 0.903. The molecule has 0 aromatic rings. The minimum atomic E-state index is -4.56. The lowest BCUT2D eigenvalue weighted by atomic mass is 10.1.